The Bertz CT molecular complexity index is 290. The van der Waals surface area contributed by atoms with Gasteiger partial charge in [0, 0.05) is 18.9 Å². The average Bonchev–Trinajstić information content (AvgIpc) is 2.28. The molecule has 0 heterocycles. The monoisotopic (exact) mass is 267 g/mol. The van der Waals surface area contributed by atoms with Crippen LogP contribution in [0.2, 0.25) is 0 Å². The Labute approximate surface area is 119 Å². The number of Topliss-reactive ketones (excluding diaryl/α,β-unsaturated/α-hetero) is 1. The minimum atomic E-state index is 0.273. The van der Waals surface area contributed by atoms with Crippen molar-refractivity contribution in [2.75, 3.05) is 20.1 Å². The largest absolute Gasteiger partial charge is 0.306 e. The van der Waals surface area contributed by atoms with Crippen LogP contribution in [-0.4, -0.2) is 30.8 Å². The van der Waals surface area contributed by atoms with Crippen LogP contribution in [0.4, 0.5) is 0 Å². The summed E-state index contributed by atoms with van der Waals surface area (Å²) in [6, 6.07) is 0. The number of hydrogen-bond acceptors (Lipinski definition) is 2. The Balaban J connectivity index is 2.48. The summed E-state index contributed by atoms with van der Waals surface area (Å²) in [4.78, 5) is 14.5. The van der Waals surface area contributed by atoms with E-state index in [2.05, 4.69) is 46.6 Å². The Hall–Kier alpha value is -0.370. The van der Waals surface area contributed by atoms with E-state index in [1.165, 1.54) is 6.42 Å². The molecule has 1 rings (SSSR count). The van der Waals surface area contributed by atoms with Gasteiger partial charge in [0.15, 0.2) is 0 Å². The lowest BCUT2D eigenvalue weighted by Gasteiger charge is -2.38. The van der Waals surface area contributed by atoms with Crippen molar-refractivity contribution >= 4 is 5.78 Å². The molecule has 2 heteroatoms. The van der Waals surface area contributed by atoms with Crippen molar-refractivity contribution < 1.29 is 4.79 Å². The molecule has 1 aliphatic carbocycles. The summed E-state index contributed by atoms with van der Waals surface area (Å²) in [7, 11) is 2.16. The molecule has 0 aromatic carbocycles. The SMILES string of the molecule is CC(C)CCN(C)CC1CC(C(C)(C)C)CCC1=O. The van der Waals surface area contributed by atoms with Crippen molar-refractivity contribution in [3.8, 4) is 0 Å². The zero-order valence-corrected chi connectivity index (χ0v) is 13.8. The van der Waals surface area contributed by atoms with Gasteiger partial charge in [0.2, 0.25) is 0 Å². The van der Waals surface area contributed by atoms with Crippen LogP contribution in [0, 0.1) is 23.2 Å². The second kappa shape index (κ2) is 6.88. The van der Waals surface area contributed by atoms with Crippen molar-refractivity contribution in [1.29, 1.82) is 0 Å². The Morgan fingerprint density at radius 3 is 2.47 bits per heavy atom. The molecular formula is C17H33NO. The van der Waals surface area contributed by atoms with Crippen molar-refractivity contribution in [2.45, 2.75) is 60.3 Å². The maximum absolute atomic E-state index is 12.1. The number of rotatable bonds is 5. The maximum Gasteiger partial charge on any atom is 0.137 e. The predicted octanol–water partition coefficient (Wildman–Crippen LogP) is 4.00. The summed E-state index contributed by atoms with van der Waals surface area (Å²) in [6.45, 7) is 13.5. The minimum Gasteiger partial charge on any atom is -0.306 e. The van der Waals surface area contributed by atoms with Crippen LogP contribution < -0.4 is 0 Å². The lowest BCUT2D eigenvalue weighted by molar-refractivity contribution is -0.127. The van der Waals surface area contributed by atoms with Gasteiger partial charge in [-0.2, -0.15) is 0 Å². The fourth-order valence-corrected chi connectivity index (χ4v) is 3.02. The van der Waals surface area contributed by atoms with Crippen LogP contribution in [0.5, 0.6) is 0 Å². The van der Waals surface area contributed by atoms with Crippen LogP contribution in [0.25, 0.3) is 0 Å². The molecule has 112 valence electrons. The van der Waals surface area contributed by atoms with E-state index in [1.807, 2.05) is 0 Å². The van der Waals surface area contributed by atoms with Crippen LogP contribution in [0.15, 0.2) is 0 Å². The van der Waals surface area contributed by atoms with E-state index in [0.717, 1.165) is 38.3 Å². The first-order valence-corrected chi connectivity index (χ1v) is 7.91. The molecule has 2 unspecified atom stereocenters. The second-order valence-corrected chi connectivity index (χ2v) is 7.95. The Morgan fingerprint density at radius 2 is 1.95 bits per heavy atom. The van der Waals surface area contributed by atoms with E-state index >= 15 is 0 Å². The van der Waals surface area contributed by atoms with Crippen LogP contribution in [0.1, 0.15) is 60.3 Å². The lowest BCUT2D eigenvalue weighted by Crippen LogP contribution is -2.38. The van der Waals surface area contributed by atoms with Crippen LogP contribution in [0.3, 0.4) is 0 Å². The molecule has 0 bridgehead atoms. The summed E-state index contributed by atoms with van der Waals surface area (Å²) in [5.41, 5.74) is 0.343. The number of carbonyl (C=O) groups excluding carboxylic acids is 1. The molecule has 0 N–H and O–H groups in total. The number of nitrogens with zero attached hydrogens (tertiary/aromatic N) is 1. The molecule has 0 aliphatic heterocycles. The van der Waals surface area contributed by atoms with E-state index in [-0.39, 0.29) is 5.92 Å². The molecule has 1 aliphatic rings. The first-order valence-electron chi connectivity index (χ1n) is 7.91. The average molecular weight is 267 g/mol. The van der Waals surface area contributed by atoms with E-state index in [1.54, 1.807) is 0 Å². The van der Waals surface area contributed by atoms with Gasteiger partial charge < -0.3 is 4.90 Å². The Morgan fingerprint density at radius 1 is 1.32 bits per heavy atom. The second-order valence-electron chi connectivity index (χ2n) is 7.95. The molecule has 1 saturated carbocycles. The first kappa shape index (κ1) is 16.7. The van der Waals surface area contributed by atoms with Crippen molar-refractivity contribution in [2.24, 2.45) is 23.2 Å². The molecule has 0 amide bonds. The van der Waals surface area contributed by atoms with Gasteiger partial charge in [-0.15, -0.1) is 0 Å². The summed E-state index contributed by atoms with van der Waals surface area (Å²) in [5, 5.41) is 0. The van der Waals surface area contributed by atoms with Gasteiger partial charge >= 0.3 is 0 Å². The maximum atomic E-state index is 12.1. The van der Waals surface area contributed by atoms with Gasteiger partial charge in [-0.25, -0.2) is 0 Å². The summed E-state index contributed by atoms with van der Waals surface area (Å²) in [6.07, 6.45) is 4.20. The highest BCUT2D eigenvalue weighted by molar-refractivity contribution is 5.82. The first-order chi connectivity index (χ1) is 8.70. The highest BCUT2D eigenvalue weighted by Crippen LogP contribution is 2.39. The van der Waals surface area contributed by atoms with Crippen LogP contribution >= 0.6 is 0 Å². The molecule has 2 nitrogen and oxygen atoms in total. The molecule has 0 spiro atoms. The van der Waals surface area contributed by atoms with Gasteiger partial charge in [0.05, 0.1) is 0 Å². The van der Waals surface area contributed by atoms with Gasteiger partial charge in [0.1, 0.15) is 5.78 Å². The Kier molecular flexibility index (Phi) is 6.04. The topological polar surface area (TPSA) is 20.3 Å². The summed E-state index contributed by atoms with van der Waals surface area (Å²) in [5.74, 6) is 2.22. The molecule has 0 aromatic rings. The highest BCUT2D eigenvalue weighted by atomic mass is 16.1. The molecule has 0 saturated heterocycles. The highest BCUT2D eigenvalue weighted by Gasteiger charge is 2.35. The van der Waals surface area contributed by atoms with Gasteiger partial charge in [0.25, 0.3) is 0 Å². The third kappa shape index (κ3) is 5.64. The molecule has 0 aromatic heterocycles. The van der Waals surface area contributed by atoms with Crippen molar-refractivity contribution in [3.63, 3.8) is 0 Å². The number of hydrogen-bond donors (Lipinski definition) is 0. The molecule has 0 radical (unpaired) electrons. The standard InChI is InChI=1S/C17H33NO/c1-13(2)9-10-18(6)12-14-11-15(17(3,4)5)7-8-16(14)19/h13-15H,7-12H2,1-6H3. The minimum absolute atomic E-state index is 0.273. The van der Waals surface area contributed by atoms with E-state index in [9.17, 15) is 4.79 Å². The third-order valence-electron chi connectivity index (χ3n) is 4.61. The number of ketones is 1. The van der Waals surface area contributed by atoms with Gasteiger partial charge in [-0.05, 0) is 50.1 Å². The molecule has 2 atom stereocenters. The van der Waals surface area contributed by atoms with Crippen LogP contribution in [-0.2, 0) is 4.79 Å². The number of carbonyl (C=O) groups is 1. The van der Waals surface area contributed by atoms with E-state index in [0.29, 0.717) is 17.1 Å². The van der Waals surface area contributed by atoms with Gasteiger partial charge in [-0.3, -0.25) is 4.79 Å². The summed E-state index contributed by atoms with van der Waals surface area (Å²) >= 11 is 0. The smallest absolute Gasteiger partial charge is 0.137 e. The van der Waals surface area contributed by atoms with E-state index in [4.69, 9.17) is 0 Å². The zero-order chi connectivity index (χ0) is 14.6. The third-order valence-corrected chi connectivity index (χ3v) is 4.61. The molecule has 1 fully saturated rings. The fraction of sp³-hybridized carbons (Fsp3) is 0.941. The van der Waals surface area contributed by atoms with Crippen molar-refractivity contribution in [3.05, 3.63) is 0 Å². The summed E-state index contributed by atoms with van der Waals surface area (Å²) < 4.78 is 0. The lowest BCUT2D eigenvalue weighted by atomic mass is 9.68. The van der Waals surface area contributed by atoms with Gasteiger partial charge in [-0.1, -0.05) is 34.6 Å². The normalized spacial score (nSPS) is 25.4. The fourth-order valence-electron chi connectivity index (χ4n) is 3.02. The predicted molar refractivity (Wildman–Crippen MR) is 82.2 cm³/mol. The molecule has 19 heavy (non-hydrogen) atoms. The zero-order valence-electron chi connectivity index (χ0n) is 13.8. The quantitative estimate of drug-likeness (QED) is 0.750. The molecular weight excluding hydrogens is 234 g/mol. The van der Waals surface area contributed by atoms with E-state index < -0.39 is 0 Å². The van der Waals surface area contributed by atoms with Crippen molar-refractivity contribution in [1.82, 2.24) is 4.90 Å².